The minimum Gasteiger partial charge on any atom is -0.363 e. The van der Waals surface area contributed by atoms with Crippen molar-refractivity contribution < 1.29 is 16.8 Å². The number of rotatable bonds is 4. The van der Waals surface area contributed by atoms with E-state index in [0.29, 0.717) is 5.69 Å². The fraction of sp³-hybridized carbons (Fsp3) is 0.368. The summed E-state index contributed by atoms with van der Waals surface area (Å²) >= 11 is 0. The molecule has 3 rings (SSSR count). The Morgan fingerprint density at radius 1 is 0.962 bits per heavy atom. The summed E-state index contributed by atoms with van der Waals surface area (Å²) in [5.74, 6) is 0. The van der Waals surface area contributed by atoms with Crippen molar-refractivity contribution in [3.05, 3.63) is 53.6 Å². The normalized spacial score (nSPS) is 18.3. The third kappa shape index (κ3) is 3.78. The summed E-state index contributed by atoms with van der Waals surface area (Å²) in [5.41, 5.74) is 2.88. The van der Waals surface area contributed by atoms with Crippen LogP contribution in [0.25, 0.3) is 0 Å². The Labute approximate surface area is 155 Å². The number of hydrogen-bond acceptors (Lipinski definition) is 5. The predicted octanol–water partition coefficient (Wildman–Crippen LogP) is 3.14. The van der Waals surface area contributed by atoms with Crippen LogP contribution in [0.2, 0.25) is 0 Å². The standard InChI is InChI=1S/C19H23NO4S2/c1-14-6-4-7-15(12-14)17-8-5-11-20(17)18-10-9-16(25(2,21)22)13-19(18)26(3,23)24/h4,6-7,9-10,12-13,17H,5,8,11H2,1-3H3. The molecule has 5 nitrogen and oxygen atoms in total. The molecule has 0 bridgehead atoms. The van der Waals surface area contributed by atoms with E-state index in [1.54, 1.807) is 6.07 Å². The third-order valence-corrected chi connectivity index (χ3v) is 6.98. The fourth-order valence-corrected chi connectivity index (χ4v) is 5.17. The van der Waals surface area contributed by atoms with Gasteiger partial charge in [0.15, 0.2) is 19.7 Å². The summed E-state index contributed by atoms with van der Waals surface area (Å²) in [5, 5.41) is 0. The zero-order valence-corrected chi connectivity index (χ0v) is 16.8. The molecule has 2 aromatic rings. The van der Waals surface area contributed by atoms with Crippen molar-refractivity contribution >= 4 is 25.4 Å². The van der Waals surface area contributed by atoms with Gasteiger partial charge >= 0.3 is 0 Å². The van der Waals surface area contributed by atoms with Crippen LogP contribution in [-0.4, -0.2) is 35.9 Å². The molecule has 1 unspecified atom stereocenters. The van der Waals surface area contributed by atoms with E-state index in [2.05, 4.69) is 17.0 Å². The first-order valence-electron chi connectivity index (χ1n) is 8.45. The lowest BCUT2D eigenvalue weighted by atomic mass is 10.0. The molecule has 0 aromatic heterocycles. The van der Waals surface area contributed by atoms with Gasteiger partial charge < -0.3 is 4.90 Å². The van der Waals surface area contributed by atoms with Crippen molar-refractivity contribution in [3.63, 3.8) is 0 Å². The van der Waals surface area contributed by atoms with E-state index in [-0.39, 0.29) is 15.8 Å². The smallest absolute Gasteiger partial charge is 0.177 e. The van der Waals surface area contributed by atoms with Crippen LogP contribution in [0, 0.1) is 6.92 Å². The van der Waals surface area contributed by atoms with Crippen LogP contribution in [0.5, 0.6) is 0 Å². The van der Waals surface area contributed by atoms with Gasteiger partial charge in [0.2, 0.25) is 0 Å². The second-order valence-corrected chi connectivity index (χ2v) is 10.9. The van der Waals surface area contributed by atoms with E-state index >= 15 is 0 Å². The molecular formula is C19H23NO4S2. The summed E-state index contributed by atoms with van der Waals surface area (Å²) in [6.07, 6.45) is 4.09. The summed E-state index contributed by atoms with van der Waals surface area (Å²) in [7, 11) is -7.05. The Hall–Kier alpha value is -1.86. The Morgan fingerprint density at radius 3 is 2.31 bits per heavy atom. The highest BCUT2D eigenvalue weighted by Gasteiger charge is 2.30. The van der Waals surface area contributed by atoms with Crippen LogP contribution >= 0.6 is 0 Å². The molecule has 1 aliphatic rings. The van der Waals surface area contributed by atoms with E-state index < -0.39 is 19.7 Å². The van der Waals surface area contributed by atoms with Gasteiger partial charge in [0.05, 0.1) is 21.5 Å². The number of sulfone groups is 2. The second kappa shape index (κ2) is 6.70. The molecule has 0 spiro atoms. The highest BCUT2D eigenvalue weighted by atomic mass is 32.2. The molecule has 1 saturated heterocycles. The van der Waals surface area contributed by atoms with Crippen molar-refractivity contribution in [2.24, 2.45) is 0 Å². The lowest BCUT2D eigenvalue weighted by molar-refractivity contribution is 0.599. The number of hydrogen-bond donors (Lipinski definition) is 0. The number of anilines is 1. The highest BCUT2D eigenvalue weighted by Crippen LogP contribution is 2.40. The first-order valence-corrected chi connectivity index (χ1v) is 12.2. The Balaban J connectivity index is 2.13. The Morgan fingerprint density at radius 2 is 1.69 bits per heavy atom. The van der Waals surface area contributed by atoms with Gasteiger partial charge in [-0.1, -0.05) is 29.8 Å². The lowest BCUT2D eigenvalue weighted by Crippen LogP contribution is -2.24. The topological polar surface area (TPSA) is 71.5 Å². The molecule has 1 fully saturated rings. The van der Waals surface area contributed by atoms with Crippen LogP contribution in [0.1, 0.15) is 30.0 Å². The molecule has 26 heavy (non-hydrogen) atoms. The van der Waals surface area contributed by atoms with Gasteiger partial charge in [-0.2, -0.15) is 0 Å². The van der Waals surface area contributed by atoms with Gasteiger partial charge in [0.25, 0.3) is 0 Å². The zero-order valence-electron chi connectivity index (χ0n) is 15.1. The molecule has 0 amide bonds. The molecular weight excluding hydrogens is 370 g/mol. The zero-order chi connectivity index (χ0) is 19.1. The summed E-state index contributed by atoms with van der Waals surface area (Å²) in [4.78, 5) is 2.17. The average Bonchev–Trinajstić information content (AvgIpc) is 3.02. The molecule has 140 valence electrons. The summed E-state index contributed by atoms with van der Waals surface area (Å²) in [6.45, 7) is 2.77. The molecule has 1 aliphatic heterocycles. The second-order valence-electron chi connectivity index (χ2n) is 6.94. The fourth-order valence-electron chi connectivity index (χ4n) is 3.54. The Kier molecular flexibility index (Phi) is 4.88. The molecule has 0 N–H and O–H groups in total. The first-order chi connectivity index (χ1) is 12.1. The quantitative estimate of drug-likeness (QED) is 0.798. The molecule has 1 atom stereocenters. The van der Waals surface area contributed by atoms with Crippen LogP contribution < -0.4 is 4.90 Å². The number of aryl methyl sites for hydroxylation is 1. The van der Waals surface area contributed by atoms with Gasteiger partial charge in [-0.05, 0) is 43.5 Å². The van der Waals surface area contributed by atoms with E-state index in [1.165, 1.54) is 12.1 Å². The maximum absolute atomic E-state index is 12.4. The maximum Gasteiger partial charge on any atom is 0.177 e. The molecule has 0 saturated carbocycles. The minimum atomic E-state index is -3.57. The van der Waals surface area contributed by atoms with E-state index in [9.17, 15) is 16.8 Å². The van der Waals surface area contributed by atoms with Crippen molar-refractivity contribution in [1.29, 1.82) is 0 Å². The Bertz CT molecular complexity index is 1040. The van der Waals surface area contributed by atoms with Crippen molar-refractivity contribution in [3.8, 4) is 0 Å². The van der Waals surface area contributed by atoms with E-state index in [1.807, 2.05) is 19.1 Å². The van der Waals surface area contributed by atoms with E-state index in [4.69, 9.17) is 0 Å². The lowest BCUT2D eigenvalue weighted by Gasteiger charge is -2.29. The summed E-state index contributed by atoms with van der Waals surface area (Å²) in [6, 6.07) is 12.7. The van der Waals surface area contributed by atoms with Crippen LogP contribution in [0.3, 0.4) is 0 Å². The highest BCUT2D eigenvalue weighted by molar-refractivity contribution is 7.91. The average molecular weight is 394 g/mol. The SMILES string of the molecule is Cc1cccc(C2CCCN2c2ccc(S(C)(=O)=O)cc2S(C)(=O)=O)c1. The minimum absolute atomic E-state index is 0.0213. The van der Waals surface area contributed by atoms with Crippen LogP contribution in [0.4, 0.5) is 5.69 Å². The molecule has 0 radical (unpaired) electrons. The van der Waals surface area contributed by atoms with Crippen molar-refractivity contribution in [2.45, 2.75) is 35.6 Å². The monoisotopic (exact) mass is 393 g/mol. The van der Waals surface area contributed by atoms with Crippen molar-refractivity contribution in [2.75, 3.05) is 24.0 Å². The number of nitrogens with zero attached hydrogens (tertiary/aromatic N) is 1. The molecule has 7 heteroatoms. The van der Waals surface area contributed by atoms with Crippen LogP contribution in [0.15, 0.2) is 52.3 Å². The van der Waals surface area contributed by atoms with Gasteiger partial charge in [-0.15, -0.1) is 0 Å². The maximum atomic E-state index is 12.4. The largest absolute Gasteiger partial charge is 0.363 e. The van der Waals surface area contributed by atoms with Gasteiger partial charge in [0, 0.05) is 19.1 Å². The van der Waals surface area contributed by atoms with Gasteiger partial charge in [-0.3, -0.25) is 0 Å². The van der Waals surface area contributed by atoms with Gasteiger partial charge in [0.1, 0.15) is 0 Å². The van der Waals surface area contributed by atoms with Crippen LogP contribution in [-0.2, 0) is 19.7 Å². The number of benzene rings is 2. The molecule has 1 heterocycles. The first kappa shape index (κ1) is 18.9. The predicted molar refractivity (Wildman–Crippen MR) is 103 cm³/mol. The third-order valence-electron chi connectivity index (χ3n) is 4.75. The van der Waals surface area contributed by atoms with E-state index in [0.717, 1.165) is 43.0 Å². The van der Waals surface area contributed by atoms with Gasteiger partial charge in [-0.25, -0.2) is 16.8 Å². The van der Waals surface area contributed by atoms with Crippen molar-refractivity contribution in [1.82, 2.24) is 0 Å². The molecule has 2 aromatic carbocycles. The summed E-state index contributed by atoms with van der Waals surface area (Å²) < 4.78 is 48.4. The molecule has 0 aliphatic carbocycles.